The molecule has 0 aliphatic heterocycles. The van der Waals surface area contributed by atoms with E-state index in [-0.39, 0.29) is 34.1 Å². The van der Waals surface area contributed by atoms with E-state index < -0.39 is 28.5 Å². The van der Waals surface area contributed by atoms with Crippen LogP contribution in [0.3, 0.4) is 0 Å². The van der Waals surface area contributed by atoms with Gasteiger partial charge in [-0.3, -0.25) is 13.9 Å². The van der Waals surface area contributed by atoms with Crippen LogP contribution < -0.4 is 14.4 Å². The minimum Gasteiger partial charge on any atom is -0.495 e. The molecule has 0 aromatic heterocycles. The van der Waals surface area contributed by atoms with E-state index in [2.05, 4.69) is 5.32 Å². The molecule has 2 amide bonds. The molecule has 0 radical (unpaired) electrons. The minimum atomic E-state index is -4.22. The summed E-state index contributed by atoms with van der Waals surface area (Å²) in [6.07, 6.45) is 0.710. The summed E-state index contributed by atoms with van der Waals surface area (Å²) in [6.45, 7) is 6.73. The molecule has 1 N–H and O–H groups in total. The molecule has 3 aromatic carbocycles. The van der Waals surface area contributed by atoms with Crippen LogP contribution >= 0.6 is 23.2 Å². The van der Waals surface area contributed by atoms with Crippen molar-refractivity contribution in [1.29, 1.82) is 0 Å². The maximum Gasteiger partial charge on any atom is 0.264 e. The maximum absolute atomic E-state index is 14.0. The molecule has 0 bridgehead atoms. The Morgan fingerprint density at radius 1 is 1.00 bits per heavy atom. The Hall–Kier alpha value is -3.27. The summed E-state index contributed by atoms with van der Waals surface area (Å²) in [5.41, 5.74) is 1.74. The zero-order chi connectivity index (χ0) is 30.3. The number of aryl methyl sites for hydroxylation is 1. The van der Waals surface area contributed by atoms with E-state index >= 15 is 0 Å². The molecule has 0 fully saturated rings. The summed E-state index contributed by atoms with van der Waals surface area (Å²) >= 11 is 12.5. The quantitative estimate of drug-likeness (QED) is 0.275. The standard InChI is InChI=1S/C30H35Cl2N3O5S/c1-6-21(3)33-30(37)22(4)34(18-23-8-7-9-24(31)16-23)29(36)19-35(25-12-15-28(40-5)27(32)17-25)41(38,39)26-13-10-20(2)11-14-26/h7-17,21-22H,6,18-19H2,1-5H3,(H,33,37)/t21-,22+/m0/s1. The van der Waals surface area contributed by atoms with E-state index in [0.29, 0.717) is 22.8 Å². The van der Waals surface area contributed by atoms with Gasteiger partial charge in [-0.1, -0.05) is 60.0 Å². The first-order valence-electron chi connectivity index (χ1n) is 13.1. The normalized spacial score (nSPS) is 12.8. The van der Waals surface area contributed by atoms with Crippen LogP contribution in [-0.2, 0) is 26.2 Å². The fraction of sp³-hybridized carbons (Fsp3) is 0.333. The van der Waals surface area contributed by atoms with Crippen LogP contribution in [0, 0.1) is 6.92 Å². The number of nitrogens with one attached hydrogen (secondary N) is 1. The lowest BCUT2D eigenvalue weighted by Gasteiger charge is -2.32. The first-order chi connectivity index (χ1) is 19.4. The van der Waals surface area contributed by atoms with Gasteiger partial charge in [0.1, 0.15) is 18.3 Å². The van der Waals surface area contributed by atoms with E-state index in [1.165, 1.54) is 42.3 Å². The summed E-state index contributed by atoms with van der Waals surface area (Å²) in [7, 11) is -2.77. The predicted octanol–water partition coefficient (Wildman–Crippen LogP) is 5.84. The van der Waals surface area contributed by atoms with Gasteiger partial charge in [-0.15, -0.1) is 0 Å². The average Bonchev–Trinajstić information content (AvgIpc) is 2.94. The van der Waals surface area contributed by atoms with Gasteiger partial charge in [-0.2, -0.15) is 0 Å². The minimum absolute atomic E-state index is 0.00629. The van der Waals surface area contributed by atoms with Crippen molar-refractivity contribution in [3.05, 3.63) is 87.9 Å². The summed E-state index contributed by atoms with van der Waals surface area (Å²) in [5.74, 6) is -0.582. The Balaban J connectivity index is 2.06. The monoisotopic (exact) mass is 619 g/mol. The molecule has 0 heterocycles. The van der Waals surface area contributed by atoms with Gasteiger partial charge in [0.05, 0.1) is 22.7 Å². The predicted molar refractivity (Wildman–Crippen MR) is 163 cm³/mol. The first-order valence-corrected chi connectivity index (χ1v) is 15.3. The topological polar surface area (TPSA) is 96.0 Å². The van der Waals surface area contributed by atoms with Gasteiger partial charge < -0.3 is 15.0 Å². The number of benzene rings is 3. The van der Waals surface area contributed by atoms with E-state index in [4.69, 9.17) is 27.9 Å². The van der Waals surface area contributed by atoms with Crippen molar-refractivity contribution >= 4 is 50.7 Å². The molecule has 0 unspecified atom stereocenters. The smallest absolute Gasteiger partial charge is 0.264 e. The van der Waals surface area contributed by atoms with Crippen molar-refractivity contribution in [3.63, 3.8) is 0 Å². The van der Waals surface area contributed by atoms with Crippen LogP contribution in [0.1, 0.15) is 38.3 Å². The van der Waals surface area contributed by atoms with Crippen LogP contribution in [0.15, 0.2) is 71.6 Å². The molecule has 0 saturated heterocycles. The molecule has 0 spiro atoms. The number of ether oxygens (including phenoxy) is 1. The maximum atomic E-state index is 14.0. The second-order valence-electron chi connectivity index (χ2n) is 9.79. The van der Waals surface area contributed by atoms with Crippen LogP contribution in [0.2, 0.25) is 10.0 Å². The molecule has 2 atom stereocenters. The fourth-order valence-electron chi connectivity index (χ4n) is 4.06. The Kier molecular flexibility index (Phi) is 11.1. The number of nitrogens with zero attached hydrogens (tertiary/aromatic N) is 2. The summed E-state index contributed by atoms with van der Waals surface area (Å²) in [5, 5.41) is 3.56. The zero-order valence-corrected chi connectivity index (χ0v) is 26.1. The molecule has 3 rings (SSSR count). The van der Waals surface area contributed by atoms with Crippen molar-refractivity contribution in [3.8, 4) is 5.75 Å². The lowest BCUT2D eigenvalue weighted by Crippen LogP contribution is -2.52. The third-order valence-corrected chi connectivity index (χ3v) is 9.04. The molecule has 11 heteroatoms. The van der Waals surface area contributed by atoms with Crippen LogP contribution in [0.5, 0.6) is 5.75 Å². The summed E-state index contributed by atoms with van der Waals surface area (Å²) in [6, 6.07) is 16.7. The Labute approximate surface area is 252 Å². The first kappa shape index (κ1) is 32.2. The number of anilines is 1. The lowest BCUT2D eigenvalue weighted by atomic mass is 10.1. The number of amides is 2. The number of rotatable bonds is 12. The second-order valence-corrected chi connectivity index (χ2v) is 12.5. The van der Waals surface area contributed by atoms with E-state index in [9.17, 15) is 18.0 Å². The lowest BCUT2D eigenvalue weighted by molar-refractivity contribution is -0.139. The highest BCUT2D eigenvalue weighted by Gasteiger charge is 2.33. The molecule has 220 valence electrons. The number of sulfonamides is 1. The van der Waals surface area contributed by atoms with Gasteiger partial charge in [0.15, 0.2) is 0 Å². The number of halogens is 2. The highest BCUT2D eigenvalue weighted by Crippen LogP contribution is 2.32. The highest BCUT2D eigenvalue weighted by molar-refractivity contribution is 7.92. The Morgan fingerprint density at radius 2 is 1.68 bits per heavy atom. The third kappa shape index (κ3) is 8.15. The number of methoxy groups -OCH3 is 1. The van der Waals surface area contributed by atoms with Gasteiger partial charge in [0.2, 0.25) is 11.8 Å². The SMILES string of the molecule is CC[C@H](C)NC(=O)[C@@H](C)N(Cc1cccc(Cl)c1)C(=O)CN(c1ccc(OC)c(Cl)c1)S(=O)(=O)c1ccc(C)cc1. The van der Waals surface area contributed by atoms with Gasteiger partial charge >= 0.3 is 0 Å². The molecular formula is C30H35Cl2N3O5S. The summed E-state index contributed by atoms with van der Waals surface area (Å²) in [4.78, 5) is 28.5. The van der Waals surface area contributed by atoms with Crippen LogP contribution in [0.25, 0.3) is 0 Å². The van der Waals surface area contributed by atoms with Crippen molar-refractivity contribution in [2.24, 2.45) is 0 Å². The second kappa shape index (κ2) is 14.1. The molecule has 0 saturated carbocycles. The molecule has 8 nitrogen and oxygen atoms in total. The number of hydrogen-bond donors (Lipinski definition) is 1. The van der Waals surface area contributed by atoms with Gasteiger partial charge in [-0.05, 0) is 75.2 Å². The highest BCUT2D eigenvalue weighted by atomic mass is 35.5. The van der Waals surface area contributed by atoms with Crippen molar-refractivity contribution in [2.45, 2.75) is 57.6 Å². The molecular weight excluding hydrogens is 585 g/mol. The van der Waals surface area contributed by atoms with Crippen LogP contribution in [-0.4, -0.2) is 50.9 Å². The molecule has 3 aromatic rings. The Morgan fingerprint density at radius 3 is 2.27 bits per heavy atom. The number of carbonyl (C=O) groups excluding carboxylic acids is 2. The van der Waals surface area contributed by atoms with Crippen molar-refractivity contribution < 1.29 is 22.7 Å². The molecule has 41 heavy (non-hydrogen) atoms. The number of carbonyl (C=O) groups is 2. The zero-order valence-electron chi connectivity index (χ0n) is 23.7. The molecule has 0 aliphatic carbocycles. The average molecular weight is 621 g/mol. The van der Waals surface area contributed by atoms with E-state index in [1.54, 1.807) is 43.3 Å². The fourth-order valence-corrected chi connectivity index (χ4v) is 5.93. The third-order valence-electron chi connectivity index (χ3n) is 6.72. The van der Waals surface area contributed by atoms with Gasteiger partial charge in [0.25, 0.3) is 10.0 Å². The van der Waals surface area contributed by atoms with Gasteiger partial charge in [-0.25, -0.2) is 8.42 Å². The van der Waals surface area contributed by atoms with E-state index in [0.717, 1.165) is 9.87 Å². The number of hydrogen-bond acceptors (Lipinski definition) is 5. The summed E-state index contributed by atoms with van der Waals surface area (Å²) < 4.78 is 34.1. The Bertz CT molecular complexity index is 1480. The largest absolute Gasteiger partial charge is 0.495 e. The van der Waals surface area contributed by atoms with Gasteiger partial charge in [0, 0.05) is 17.6 Å². The van der Waals surface area contributed by atoms with Crippen molar-refractivity contribution in [1.82, 2.24) is 10.2 Å². The van der Waals surface area contributed by atoms with Crippen molar-refractivity contribution in [2.75, 3.05) is 18.0 Å². The van der Waals surface area contributed by atoms with E-state index in [1.807, 2.05) is 20.8 Å². The molecule has 0 aliphatic rings. The van der Waals surface area contributed by atoms with Crippen LogP contribution in [0.4, 0.5) is 5.69 Å².